The molecule has 22 heavy (non-hydrogen) atoms. The summed E-state index contributed by atoms with van der Waals surface area (Å²) in [6.45, 7) is 7.70. The van der Waals surface area contributed by atoms with E-state index in [2.05, 4.69) is 21.5 Å². The number of rotatable bonds is 2. The van der Waals surface area contributed by atoms with E-state index in [0.29, 0.717) is 12.4 Å². The van der Waals surface area contributed by atoms with E-state index in [-0.39, 0.29) is 11.9 Å². The predicted molar refractivity (Wildman–Crippen MR) is 81.9 cm³/mol. The van der Waals surface area contributed by atoms with E-state index in [9.17, 15) is 9.59 Å². The van der Waals surface area contributed by atoms with Gasteiger partial charge in [0, 0.05) is 27.2 Å². The maximum absolute atomic E-state index is 12.6. The number of carbonyl (C=O) groups is 2. The molecule has 8 nitrogen and oxygen atoms in total. The molecular formula is C14H21N6O2+. The van der Waals surface area contributed by atoms with Crippen LogP contribution < -0.4 is 5.32 Å². The average molecular weight is 305 g/mol. The van der Waals surface area contributed by atoms with Crippen molar-refractivity contribution in [2.45, 2.75) is 6.04 Å². The molecule has 3 aliphatic rings. The molecule has 0 aromatic rings. The SMILES string of the molecule is C=CCN1C(=[N+]2CCNCC2)N=C2C1C(=O)N(C)C(=O)N2C. The van der Waals surface area contributed by atoms with Gasteiger partial charge in [0.1, 0.15) is 0 Å². The Kier molecular flexibility index (Phi) is 3.69. The minimum Gasteiger partial charge on any atom is -0.310 e. The molecule has 8 heteroatoms. The number of likely N-dealkylation sites (N-methyl/N-ethyl adjacent to an activating group) is 2. The van der Waals surface area contributed by atoms with Gasteiger partial charge >= 0.3 is 12.0 Å². The number of aliphatic imine (C=N–C) groups is 1. The number of guanidine groups is 1. The quantitative estimate of drug-likeness (QED) is 0.511. The van der Waals surface area contributed by atoms with Crippen LogP contribution in [0, 0.1) is 0 Å². The van der Waals surface area contributed by atoms with Crippen LogP contribution in [0.1, 0.15) is 0 Å². The van der Waals surface area contributed by atoms with Crippen molar-refractivity contribution in [3.63, 3.8) is 0 Å². The second-order valence-corrected chi connectivity index (χ2v) is 5.59. The van der Waals surface area contributed by atoms with Crippen LogP contribution in [0.25, 0.3) is 0 Å². The number of amidine groups is 1. The van der Waals surface area contributed by atoms with Crippen LogP contribution in [0.4, 0.5) is 4.79 Å². The summed E-state index contributed by atoms with van der Waals surface area (Å²) in [6, 6.07) is -0.893. The van der Waals surface area contributed by atoms with Crippen molar-refractivity contribution < 1.29 is 14.2 Å². The lowest BCUT2D eigenvalue weighted by atomic mass is 10.1. The second-order valence-electron chi connectivity index (χ2n) is 5.59. The molecule has 2 fully saturated rings. The Labute approximate surface area is 129 Å². The van der Waals surface area contributed by atoms with Crippen LogP contribution in [0.2, 0.25) is 0 Å². The third-order valence-electron chi connectivity index (χ3n) is 4.24. The van der Waals surface area contributed by atoms with Crippen molar-refractivity contribution in [2.24, 2.45) is 4.99 Å². The monoisotopic (exact) mass is 305 g/mol. The lowest BCUT2D eigenvalue weighted by Crippen LogP contribution is -2.63. The van der Waals surface area contributed by atoms with Crippen LogP contribution in [0.15, 0.2) is 17.6 Å². The van der Waals surface area contributed by atoms with Gasteiger partial charge in [0.15, 0.2) is 0 Å². The summed E-state index contributed by atoms with van der Waals surface area (Å²) in [7, 11) is 3.16. The van der Waals surface area contributed by atoms with E-state index in [0.717, 1.165) is 37.0 Å². The van der Waals surface area contributed by atoms with Gasteiger partial charge < -0.3 is 5.32 Å². The summed E-state index contributed by atoms with van der Waals surface area (Å²) in [4.78, 5) is 33.8. The first-order valence-corrected chi connectivity index (χ1v) is 7.40. The average Bonchev–Trinajstić information content (AvgIpc) is 2.92. The molecule has 1 N–H and O–H groups in total. The Morgan fingerprint density at radius 3 is 2.64 bits per heavy atom. The molecule has 3 aliphatic heterocycles. The summed E-state index contributed by atoms with van der Waals surface area (Å²) < 4.78 is 2.15. The molecule has 0 aliphatic carbocycles. The number of nitrogens with zero attached hydrogens (tertiary/aromatic N) is 5. The molecule has 0 radical (unpaired) electrons. The van der Waals surface area contributed by atoms with E-state index in [1.807, 2.05) is 4.90 Å². The van der Waals surface area contributed by atoms with Gasteiger partial charge in [0.05, 0.1) is 19.6 Å². The summed E-state index contributed by atoms with van der Waals surface area (Å²) in [5.41, 5.74) is 0. The maximum Gasteiger partial charge on any atom is 0.392 e. The summed E-state index contributed by atoms with van der Waals surface area (Å²) >= 11 is 0. The van der Waals surface area contributed by atoms with Crippen molar-refractivity contribution in [1.29, 1.82) is 0 Å². The van der Waals surface area contributed by atoms with E-state index in [1.165, 1.54) is 11.9 Å². The molecule has 3 heterocycles. The molecule has 2 saturated heterocycles. The van der Waals surface area contributed by atoms with Gasteiger partial charge in [-0.15, -0.1) is 0 Å². The van der Waals surface area contributed by atoms with Crippen molar-refractivity contribution in [1.82, 2.24) is 20.0 Å². The maximum atomic E-state index is 12.6. The smallest absolute Gasteiger partial charge is 0.310 e. The van der Waals surface area contributed by atoms with Gasteiger partial charge in [-0.05, 0) is 0 Å². The number of nitrogens with one attached hydrogen (secondary N) is 1. The number of fused-ring (bicyclic) bond motifs is 1. The van der Waals surface area contributed by atoms with Crippen molar-refractivity contribution in [3.05, 3.63) is 12.7 Å². The minimum absolute atomic E-state index is 0.242. The standard InChI is InChI=1S/C14H21N6O2/c1-4-7-20-10-11(17(2)14(22)18(3)12(10)21)16-13(20)19-8-5-15-6-9-19/h4,10,15H,1,5-9H2,2-3H3/q+1. The molecule has 0 saturated carbocycles. The largest absolute Gasteiger partial charge is 0.392 e. The number of amides is 3. The molecule has 118 valence electrons. The van der Waals surface area contributed by atoms with E-state index in [1.54, 1.807) is 13.1 Å². The molecule has 0 aromatic heterocycles. The van der Waals surface area contributed by atoms with Gasteiger partial charge in [-0.2, -0.15) is 0 Å². The van der Waals surface area contributed by atoms with E-state index in [4.69, 9.17) is 0 Å². The highest BCUT2D eigenvalue weighted by atomic mass is 16.2. The van der Waals surface area contributed by atoms with Gasteiger partial charge in [-0.1, -0.05) is 17.6 Å². The Hall–Kier alpha value is -2.22. The molecule has 0 bridgehead atoms. The van der Waals surface area contributed by atoms with Crippen LogP contribution in [0.5, 0.6) is 0 Å². The van der Waals surface area contributed by atoms with Gasteiger partial charge in [0.2, 0.25) is 11.9 Å². The van der Waals surface area contributed by atoms with Crippen LogP contribution in [-0.4, -0.2) is 95.9 Å². The highest BCUT2D eigenvalue weighted by Gasteiger charge is 2.54. The number of imide groups is 1. The number of piperazine rings is 1. The van der Waals surface area contributed by atoms with Gasteiger partial charge in [-0.3, -0.25) is 19.2 Å². The number of hydrogen-bond donors (Lipinski definition) is 1. The highest BCUT2D eigenvalue weighted by Crippen LogP contribution is 2.22. The molecule has 1 atom stereocenters. The Morgan fingerprint density at radius 2 is 2.00 bits per heavy atom. The lowest BCUT2D eigenvalue weighted by Gasteiger charge is -2.33. The first-order valence-electron chi connectivity index (χ1n) is 7.40. The summed E-state index contributed by atoms with van der Waals surface area (Å²) in [6.07, 6.45) is 1.75. The molecular weight excluding hydrogens is 284 g/mol. The normalized spacial score (nSPS) is 25.6. The fraction of sp³-hybridized carbons (Fsp3) is 0.571. The molecule has 3 rings (SSSR count). The van der Waals surface area contributed by atoms with Crippen molar-refractivity contribution in [2.75, 3.05) is 46.8 Å². The zero-order valence-corrected chi connectivity index (χ0v) is 12.9. The predicted octanol–water partition coefficient (Wildman–Crippen LogP) is -1.25. The number of carbonyl (C=O) groups excluding carboxylic acids is 2. The van der Waals surface area contributed by atoms with Crippen molar-refractivity contribution >= 4 is 23.7 Å². The topological polar surface area (TPSA) is 71.3 Å². The van der Waals surface area contributed by atoms with Gasteiger partial charge in [0.25, 0.3) is 5.91 Å². The van der Waals surface area contributed by atoms with Gasteiger partial charge in [-0.25, -0.2) is 9.69 Å². The van der Waals surface area contributed by atoms with Crippen LogP contribution >= 0.6 is 0 Å². The third-order valence-corrected chi connectivity index (χ3v) is 4.24. The minimum atomic E-state index is -0.546. The van der Waals surface area contributed by atoms with Crippen molar-refractivity contribution in [3.8, 4) is 0 Å². The van der Waals surface area contributed by atoms with Crippen LogP contribution in [-0.2, 0) is 4.79 Å². The fourth-order valence-electron chi connectivity index (χ4n) is 3.03. The van der Waals surface area contributed by atoms with Crippen LogP contribution in [0.3, 0.4) is 0 Å². The summed E-state index contributed by atoms with van der Waals surface area (Å²) in [5, 5.41) is 3.30. The highest BCUT2D eigenvalue weighted by molar-refractivity contribution is 6.25. The summed E-state index contributed by atoms with van der Waals surface area (Å²) in [5.74, 6) is 1.02. The molecule has 0 spiro atoms. The first-order chi connectivity index (χ1) is 10.6. The zero-order valence-electron chi connectivity index (χ0n) is 12.9. The van der Waals surface area contributed by atoms with E-state index < -0.39 is 6.04 Å². The Bertz CT molecular complexity index is 588. The molecule has 1 unspecified atom stereocenters. The Morgan fingerprint density at radius 1 is 1.32 bits per heavy atom. The fourth-order valence-corrected chi connectivity index (χ4v) is 3.03. The number of urea groups is 1. The molecule has 0 aromatic carbocycles. The Balaban J connectivity index is 2.05. The van der Waals surface area contributed by atoms with E-state index >= 15 is 0 Å². The zero-order chi connectivity index (χ0) is 15.9. The first kappa shape index (κ1) is 14.7. The molecule has 3 amide bonds. The second kappa shape index (κ2) is 5.53. The lowest BCUT2D eigenvalue weighted by molar-refractivity contribution is -0.537. The third kappa shape index (κ3) is 2.10. The number of hydrogen-bond acceptors (Lipinski definition) is 3.